The molecule has 0 radical (unpaired) electrons. The topological polar surface area (TPSA) is 37.6 Å². The van der Waals surface area contributed by atoms with Crippen molar-refractivity contribution >= 4 is 34.0 Å². The number of rotatable bonds is 1. The van der Waals surface area contributed by atoms with Gasteiger partial charge >= 0.3 is 0 Å². The van der Waals surface area contributed by atoms with E-state index in [2.05, 4.69) is 4.90 Å². The highest BCUT2D eigenvalue weighted by Crippen LogP contribution is 2.21. The van der Waals surface area contributed by atoms with Gasteiger partial charge in [-0.1, -0.05) is 24.3 Å². The van der Waals surface area contributed by atoms with Crippen molar-refractivity contribution < 1.29 is 0 Å². The Labute approximate surface area is 126 Å². The van der Waals surface area contributed by atoms with Gasteiger partial charge in [0.15, 0.2) is 0 Å². The van der Waals surface area contributed by atoms with Crippen molar-refractivity contribution in [3.8, 4) is 0 Å². The number of aromatic nitrogens is 2. The summed E-state index contributed by atoms with van der Waals surface area (Å²) in [6.07, 6.45) is 1.81. The second-order valence-electron chi connectivity index (χ2n) is 5.15. The third-order valence-corrected chi connectivity index (χ3v) is 4.82. The second kappa shape index (κ2) is 5.07. The largest absolute Gasteiger partial charge is 0.355 e. The number of anilines is 1. The van der Waals surface area contributed by atoms with E-state index in [0.717, 1.165) is 46.8 Å². The Hall–Kier alpha value is -2.01. The highest BCUT2D eigenvalue weighted by Gasteiger charge is 2.14. The average Bonchev–Trinajstić information content (AvgIpc) is 2.55. The quantitative estimate of drug-likeness (QED) is 0.646. The lowest BCUT2D eigenvalue weighted by Gasteiger charge is -2.27. The first-order valence-corrected chi connectivity index (χ1v) is 8.22. The fourth-order valence-corrected chi connectivity index (χ4v) is 3.67. The average molecular weight is 297 g/mol. The van der Waals surface area contributed by atoms with Crippen LogP contribution in [0.3, 0.4) is 0 Å². The first-order chi connectivity index (χ1) is 10.3. The highest BCUT2D eigenvalue weighted by molar-refractivity contribution is 7.99. The second-order valence-corrected chi connectivity index (χ2v) is 6.37. The van der Waals surface area contributed by atoms with Gasteiger partial charge < -0.3 is 4.90 Å². The lowest BCUT2D eigenvalue weighted by Crippen LogP contribution is -2.34. The van der Waals surface area contributed by atoms with Crippen LogP contribution in [0.15, 0.2) is 47.4 Å². The molecular weight excluding hydrogens is 282 g/mol. The number of pyridine rings is 1. The summed E-state index contributed by atoms with van der Waals surface area (Å²) in [7, 11) is 0. The standard InChI is InChI=1S/C16H15N3OS/c20-15-11-14(18-7-9-21-10-8-18)17-16-13-4-2-1-3-12(13)5-6-19(15)16/h1-6,11H,7-10H2. The summed E-state index contributed by atoms with van der Waals surface area (Å²) >= 11 is 1.95. The van der Waals surface area contributed by atoms with Crippen LogP contribution in [0.5, 0.6) is 0 Å². The van der Waals surface area contributed by atoms with Crippen molar-refractivity contribution in [2.75, 3.05) is 29.5 Å². The van der Waals surface area contributed by atoms with E-state index in [1.165, 1.54) is 0 Å². The van der Waals surface area contributed by atoms with Crippen LogP contribution < -0.4 is 10.5 Å². The lowest BCUT2D eigenvalue weighted by molar-refractivity contribution is 0.834. The summed E-state index contributed by atoms with van der Waals surface area (Å²) in [6, 6.07) is 11.7. The van der Waals surface area contributed by atoms with E-state index in [1.807, 2.05) is 48.3 Å². The van der Waals surface area contributed by atoms with Gasteiger partial charge in [0.05, 0.1) is 0 Å². The molecule has 3 aromatic rings. The van der Waals surface area contributed by atoms with Crippen molar-refractivity contribution in [3.05, 3.63) is 52.9 Å². The van der Waals surface area contributed by atoms with Crippen LogP contribution in [0.1, 0.15) is 0 Å². The van der Waals surface area contributed by atoms with Crippen LogP contribution in [-0.2, 0) is 0 Å². The summed E-state index contributed by atoms with van der Waals surface area (Å²) < 4.78 is 1.63. The third kappa shape index (κ3) is 2.17. The minimum absolute atomic E-state index is 0.0148. The zero-order chi connectivity index (χ0) is 14.2. The van der Waals surface area contributed by atoms with Crippen LogP contribution in [-0.4, -0.2) is 34.0 Å². The Morgan fingerprint density at radius 1 is 1.10 bits per heavy atom. The number of benzene rings is 1. The minimum atomic E-state index is -0.0148. The Balaban J connectivity index is 1.98. The molecule has 21 heavy (non-hydrogen) atoms. The normalized spacial score (nSPS) is 15.7. The molecule has 5 heteroatoms. The van der Waals surface area contributed by atoms with Gasteiger partial charge in [-0.3, -0.25) is 9.20 Å². The number of thioether (sulfide) groups is 1. The number of nitrogens with zero attached hydrogens (tertiary/aromatic N) is 3. The number of hydrogen-bond donors (Lipinski definition) is 0. The minimum Gasteiger partial charge on any atom is -0.355 e. The third-order valence-electron chi connectivity index (χ3n) is 3.88. The van der Waals surface area contributed by atoms with Crippen LogP contribution in [0.2, 0.25) is 0 Å². The van der Waals surface area contributed by atoms with Crippen molar-refractivity contribution in [1.82, 2.24) is 9.38 Å². The van der Waals surface area contributed by atoms with E-state index in [0.29, 0.717) is 0 Å². The van der Waals surface area contributed by atoms with Gasteiger partial charge in [0.25, 0.3) is 5.56 Å². The monoisotopic (exact) mass is 297 g/mol. The SMILES string of the molecule is O=c1cc(N2CCSCC2)nc2c3ccccc3ccn12. The van der Waals surface area contributed by atoms with E-state index in [9.17, 15) is 4.79 Å². The molecule has 106 valence electrons. The molecule has 0 aliphatic carbocycles. The van der Waals surface area contributed by atoms with Crippen molar-refractivity contribution in [1.29, 1.82) is 0 Å². The van der Waals surface area contributed by atoms with E-state index in [1.54, 1.807) is 10.5 Å². The highest BCUT2D eigenvalue weighted by atomic mass is 32.2. The maximum absolute atomic E-state index is 12.4. The molecule has 4 nitrogen and oxygen atoms in total. The zero-order valence-corrected chi connectivity index (χ0v) is 12.3. The molecule has 0 bridgehead atoms. The first kappa shape index (κ1) is 12.7. The summed E-state index contributed by atoms with van der Waals surface area (Å²) in [5, 5.41) is 2.13. The van der Waals surface area contributed by atoms with Crippen LogP contribution in [0, 0.1) is 0 Å². The Kier molecular flexibility index (Phi) is 3.07. The molecule has 2 aromatic heterocycles. The maximum Gasteiger partial charge on any atom is 0.259 e. The smallest absolute Gasteiger partial charge is 0.259 e. The Morgan fingerprint density at radius 2 is 1.90 bits per heavy atom. The molecule has 0 unspecified atom stereocenters. The maximum atomic E-state index is 12.4. The molecule has 0 amide bonds. The molecule has 3 heterocycles. The summed E-state index contributed by atoms with van der Waals surface area (Å²) in [4.78, 5) is 19.4. The fourth-order valence-electron chi connectivity index (χ4n) is 2.77. The van der Waals surface area contributed by atoms with E-state index < -0.39 is 0 Å². The molecule has 1 fully saturated rings. The van der Waals surface area contributed by atoms with Crippen molar-refractivity contribution in [3.63, 3.8) is 0 Å². The van der Waals surface area contributed by atoms with Gasteiger partial charge in [-0.15, -0.1) is 0 Å². The van der Waals surface area contributed by atoms with E-state index in [-0.39, 0.29) is 5.56 Å². The lowest BCUT2D eigenvalue weighted by atomic mass is 10.1. The summed E-state index contributed by atoms with van der Waals surface area (Å²) in [5.74, 6) is 2.99. The van der Waals surface area contributed by atoms with E-state index in [4.69, 9.17) is 4.98 Å². The van der Waals surface area contributed by atoms with Gasteiger partial charge in [-0.2, -0.15) is 11.8 Å². The molecule has 1 aliphatic heterocycles. The molecule has 0 N–H and O–H groups in total. The molecule has 0 saturated carbocycles. The summed E-state index contributed by atoms with van der Waals surface area (Å²) in [6.45, 7) is 1.91. The molecule has 0 spiro atoms. The van der Waals surface area contributed by atoms with Crippen molar-refractivity contribution in [2.24, 2.45) is 0 Å². The van der Waals surface area contributed by atoms with Gasteiger partial charge in [0.2, 0.25) is 0 Å². The van der Waals surface area contributed by atoms with Crippen LogP contribution in [0.4, 0.5) is 5.82 Å². The molecule has 1 aromatic carbocycles. The first-order valence-electron chi connectivity index (χ1n) is 7.07. The van der Waals surface area contributed by atoms with Gasteiger partial charge in [-0.05, 0) is 11.5 Å². The van der Waals surface area contributed by atoms with Crippen molar-refractivity contribution in [2.45, 2.75) is 0 Å². The predicted molar refractivity (Wildman–Crippen MR) is 88.5 cm³/mol. The fraction of sp³-hybridized carbons (Fsp3) is 0.250. The molecule has 1 aliphatic rings. The molecule has 4 rings (SSSR count). The predicted octanol–water partition coefficient (Wildman–Crippen LogP) is 2.40. The number of hydrogen-bond acceptors (Lipinski definition) is 4. The molecule has 1 saturated heterocycles. The van der Waals surface area contributed by atoms with Crippen LogP contribution >= 0.6 is 11.8 Å². The Bertz CT molecular complexity index is 868. The van der Waals surface area contributed by atoms with Gasteiger partial charge in [-0.25, -0.2) is 4.98 Å². The van der Waals surface area contributed by atoms with E-state index >= 15 is 0 Å². The molecular formula is C16H15N3OS. The van der Waals surface area contributed by atoms with Gasteiger partial charge in [0.1, 0.15) is 11.5 Å². The Morgan fingerprint density at radius 3 is 2.76 bits per heavy atom. The van der Waals surface area contributed by atoms with Gasteiger partial charge in [0, 0.05) is 42.2 Å². The summed E-state index contributed by atoms with van der Waals surface area (Å²) in [5.41, 5.74) is 0.729. The van der Waals surface area contributed by atoms with Crippen LogP contribution in [0.25, 0.3) is 16.4 Å². The zero-order valence-electron chi connectivity index (χ0n) is 11.5. The molecule has 0 atom stereocenters. The number of fused-ring (bicyclic) bond motifs is 3.